The highest BCUT2D eigenvalue weighted by molar-refractivity contribution is 5.76. The van der Waals surface area contributed by atoms with E-state index in [2.05, 4.69) is 31.3 Å². The van der Waals surface area contributed by atoms with Crippen LogP contribution in [-0.4, -0.2) is 26.6 Å². The lowest BCUT2D eigenvalue weighted by atomic mass is 9.90. The summed E-state index contributed by atoms with van der Waals surface area (Å²) in [7, 11) is 3.28. The smallest absolute Gasteiger partial charge is 0.220 e. The van der Waals surface area contributed by atoms with Crippen LogP contribution >= 0.6 is 0 Å². The van der Waals surface area contributed by atoms with Gasteiger partial charge in [-0.25, -0.2) is 0 Å². The van der Waals surface area contributed by atoms with E-state index in [0.717, 1.165) is 11.3 Å². The number of nitrogens with two attached hydrogens (primary N) is 1. The molecule has 0 aliphatic carbocycles. The second kappa shape index (κ2) is 7.14. The van der Waals surface area contributed by atoms with Gasteiger partial charge in [0, 0.05) is 19.4 Å². The monoisotopic (exact) mass is 264 g/mol. The molecule has 0 saturated carbocycles. The van der Waals surface area contributed by atoms with Crippen LogP contribution in [0.4, 0.5) is 0 Å². The molecule has 3 N–H and O–H groups in total. The van der Waals surface area contributed by atoms with Gasteiger partial charge < -0.3 is 15.8 Å². The number of hydrogen-bond acceptors (Lipinski definition) is 3. The molecule has 0 aromatic heterocycles. The summed E-state index contributed by atoms with van der Waals surface area (Å²) < 4.78 is 5.39. The van der Waals surface area contributed by atoms with E-state index in [1.54, 1.807) is 14.2 Å². The lowest BCUT2D eigenvalue weighted by Gasteiger charge is -2.19. The van der Waals surface area contributed by atoms with Crippen molar-refractivity contribution >= 4 is 5.91 Å². The number of ether oxygens (including phenoxy) is 1. The molecule has 1 aromatic carbocycles. The largest absolute Gasteiger partial charge is 0.496 e. The molecule has 106 valence electrons. The van der Waals surface area contributed by atoms with Gasteiger partial charge in [0.05, 0.1) is 7.11 Å². The molecule has 4 heteroatoms. The van der Waals surface area contributed by atoms with E-state index in [1.807, 2.05) is 6.07 Å². The maximum Gasteiger partial charge on any atom is 0.220 e. The Balaban J connectivity index is 3.12. The predicted octanol–water partition coefficient (Wildman–Crippen LogP) is 2.00. The van der Waals surface area contributed by atoms with Gasteiger partial charge in [-0.1, -0.05) is 26.0 Å². The molecule has 0 aliphatic rings. The number of benzene rings is 1. The van der Waals surface area contributed by atoms with Crippen molar-refractivity contribution in [3.63, 3.8) is 0 Å². The Bertz CT molecular complexity index is 430. The number of nitrogens with one attached hydrogen (secondary N) is 1. The second-order valence-electron chi connectivity index (χ2n) is 4.97. The number of methoxy groups -OCH3 is 1. The van der Waals surface area contributed by atoms with E-state index in [9.17, 15) is 4.79 Å². The maximum absolute atomic E-state index is 11.6. The lowest BCUT2D eigenvalue weighted by Crippen LogP contribution is -2.24. The Hall–Kier alpha value is -1.55. The van der Waals surface area contributed by atoms with Gasteiger partial charge in [-0.3, -0.25) is 4.79 Å². The molecule has 1 unspecified atom stereocenters. The van der Waals surface area contributed by atoms with Crippen LogP contribution in [0.2, 0.25) is 0 Å². The fraction of sp³-hybridized carbons (Fsp3) is 0.533. The van der Waals surface area contributed by atoms with Gasteiger partial charge in [-0.15, -0.1) is 0 Å². The second-order valence-corrected chi connectivity index (χ2v) is 4.97. The molecule has 19 heavy (non-hydrogen) atoms. The van der Waals surface area contributed by atoms with Gasteiger partial charge in [0.25, 0.3) is 0 Å². The van der Waals surface area contributed by atoms with Crippen LogP contribution < -0.4 is 15.8 Å². The summed E-state index contributed by atoms with van der Waals surface area (Å²) in [4.78, 5) is 11.6. The minimum absolute atomic E-state index is 0.00699. The SMILES string of the molecule is CNC(=O)CC(CN)c1cc(C(C)C)ccc1OC. The number of hydrogen-bond donors (Lipinski definition) is 2. The van der Waals surface area contributed by atoms with Crippen LogP contribution in [0.1, 0.15) is 43.2 Å². The van der Waals surface area contributed by atoms with Crippen molar-refractivity contribution in [1.82, 2.24) is 5.32 Å². The Morgan fingerprint density at radius 2 is 2.11 bits per heavy atom. The van der Waals surface area contributed by atoms with Crippen LogP contribution in [0, 0.1) is 0 Å². The van der Waals surface area contributed by atoms with Crippen LogP contribution in [0.5, 0.6) is 5.75 Å². The normalized spacial score (nSPS) is 12.3. The fourth-order valence-corrected chi connectivity index (χ4v) is 2.08. The van der Waals surface area contributed by atoms with Crippen molar-refractivity contribution < 1.29 is 9.53 Å². The van der Waals surface area contributed by atoms with E-state index in [0.29, 0.717) is 18.9 Å². The molecule has 1 amide bonds. The predicted molar refractivity (Wildman–Crippen MR) is 77.6 cm³/mol. The highest BCUT2D eigenvalue weighted by Crippen LogP contribution is 2.31. The summed E-state index contributed by atoms with van der Waals surface area (Å²) in [6.07, 6.45) is 0.380. The van der Waals surface area contributed by atoms with E-state index in [1.165, 1.54) is 5.56 Å². The Labute approximate surface area is 115 Å². The first kappa shape index (κ1) is 15.5. The number of amides is 1. The third-order valence-electron chi connectivity index (χ3n) is 3.36. The van der Waals surface area contributed by atoms with Gasteiger partial charge in [0.2, 0.25) is 5.91 Å². The molecule has 0 fully saturated rings. The van der Waals surface area contributed by atoms with Crippen molar-refractivity contribution in [3.8, 4) is 5.75 Å². The zero-order chi connectivity index (χ0) is 14.4. The van der Waals surface area contributed by atoms with E-state index >= 15 is 0 Å². The number of carbonyl (C=O) groups is 1. The average Bonchev–Trinajstić information content (AvgIpc) is 2.43. The molecule has 0 saturated heterocycles. The van der Waals surface area contributed by atoms with Gasteiger partial charge in [-0.2, -0.15) is 0 Å². The van der Waals surface area contributed by atoms with E-state index in [-0.39, 0.29) is 11.8 Å². The summed E-state index contributed by atoms with van der Waals surface area (Å²) in [5.74, 6) is 1.20. The summed E-state index contributed by atoms with van der Waals surface area (Å²) in [6.45, 7) is 4.70. The van der Waals surface area contributed by atoms with Crippen molar-refractivity contribution in [2.24, 2.45) is 5.73 Å². The van der Waals surface area contributed by atoms with Crippen LogP contribution in [0.25, 0.3) is 0 Å². The van der Waals surface area contributed by atoms with E-state index < -0.39 is 0 Å². The average molecular weight is 264 g/mol. The molecule has 0 radical (unpaired) electrons. The number of rotatable bonds is 6. The highest BCUT2D eigenvalue weighted by Gasteiger charge is 2.19. The van der Waals surface area contributed by atoms with Crippen molar-refractivity contribution in [2.75, 3.05) is 20.7 Å². The van der Waals surface area contributed by atoms with E-state index in [4.69, 9.17) is 10.5 Å². The summed E-state index contributed by atoms with van der Waals surface area (Å²) in [5.41, 5.74) is 8.06. The van der Waals surface area contributed by atoms with Crippen LogP contribution in [0.15, 0.2) is 18.2 Å². The summed E-state index contributed by atoms with van der Waals surface area (Å²) in [5, 5.41) is 2.64. The van der Waals surface area contributed by atoms with Crippen LogP contribution in [-0.2, 0) is 4.79 Å². The molecule has 1 rings (SSSR count). The zero-order valence-electron chi connectivity index (χ0n) is 12.2. The standard InChI is InChI=1S/C15H24N2O2/c1-10(2)11-5-6-14(19-4)13(7-11)12(9-16)8-15(18)17-3/h5-7,10,12H,8-9,16H2,1-4H3,(H,17,18). The van der Waals surface area contributed by atoms with Crippen LogP contribution in [0.3, 0.4) is 0 Å². The molecule has 0 spiro atoms. The first-order chi connectivity index (χ1) is 9.03. The first-order valence-corrected chi connectivity index (χ1v) is 6.61. The molecular formula is C15H24N2O2. The minimum Gasteiger partial charge on any atom is -0.496 e. The first-order valence-electron chi connectivity index (χ1n) is 6.61. The third-order valence-corrected chi connectivity index (χ3v) is 3.36. The van der Waals surface area contributed by atoms with Gasteiger partial charge in [-0.05, 0) is 29.7 Å². The maximum atomic E-state index is 11.6. The Kier molecular flexibility index (Phi) is 5.83. The lowest BCUT2D eigenvalue weighted by molar-refractivity contribution is -0.120. The zero-order valence-corrected chi connectivity index (χ0v) is 12.2. The highest BCUT2D eigenvalue weighted by atomic mass is 16.5. The van der Waals surface area contributed by atoms with Crippen molar-refractivity contribution in [3.05, 3.63) is 29.3 Å². The Morgan fingerprint density at radius 1 is 1.42 bits per heavy atom. The summed E-state index contributed by atoms with van der Waals surface area (Å²) in [6, 6.07) is 6.11. The van der Waals surface area contributed by atoms with Crippen molar-refractivity contribution in [2.45, 2.75) is 32.1 Å². The quantitative estimate of drug-likeness (QED) is 0.826. The molecule has 0 bridgehead atoms. The fourth-order valence-electron chi connectivity index (χ4n) is 2.08. The molecule has 0 aliphatic heterocycles. The van der Waals surface area contributed by atoms with Gasteiger partial charge >= 0.3 is 0 Å². The molecule has 4 nitrogen and oxygen atoms in total. The Morgan fingerprint density at radius 3 is 2.58 bits per heavy atom. The molecule has 1 aromatic rings. The topological polar surface area (TPSA) is 64.4 Å². The molecule has 1 atom stereocenters. The molecular weight excluding hydrogens is 240 g/mol. The molecule has 0 heterocycles. The summed E-state index contributed by atoms with van der Waals surface area (Å²) >= 11 is 0. The third kappa shape index (κ3) is 3.96. The van der Waals surface area contributed by atoms with Gasteiger partial charge in [0.15, 0.2) is 0 Å². The van der Waals surface area contributed by atoms with Gasteiger partial charge in [0.1, 0.15) is 5.75 Å². The van der Waals surface area contributed by atoms with Crippen molar-refractivity contribution in [1.29, 1.82) is 0 Å². The number of carbonyl (C=O) groups excluding carboxylic acids is 1. The minimum atomic E-state index is -0.0198.